The molecule has 1 aliphatic rings. The summed E-state index contributed by atoms with van der Waals surface area (Å²) < 4.78 is 3.60. The van der Waals surface area contributed by atoms with Gasteiger partial charge in [-0.25, -0.2) is 4.98 Å². The molecule has 6 nitrogen and oxygen atoms in total. The van der Waals surface area contributed by atoms with Crippen LogP contribution in [-0.4, -0.2) is 24.5 Å². The minimum Gasteiger partial charge on any atom is -0.396 e. The van der Waals surface area contributed by atoms with E-state index < -0.39 is 0 Å². The van der Waals surface area contributed by atoms with E-state index in [0.717, 1.165) is 11.6 Å². The molecule has 0 saturated heterocycles. The van der Waals surface area contributed by atoms with Gasteiger partial charge in [0.05, 0.1) is 11.9 Å². The number of hydrogen-bond donors (Lipinski definition) is 1. The molecule has 3 rings (SSSR count). The van der Waals surface area contributed by atoms with Crippen LogP contribution in [0.4, 0.5) is 5.69 Å². The lowest BCUT2D eigenvalue weighted by atomic mass is 10.4. The zero-order chi connectivity index (χ0) is 11.1. The van der Waals surface area contributed by atoms with Crippen molar-refractivity contribution in [1.82, 2.24) is 24.5 Å². The van der Waals surface area contributed by atoms with Gasteiger partial charge in [0, 0.05) is 19.2 Å². The van der Waals surface area contributed by atoms with E-state index in [-0.39, 0.29) is 0 Å². The van der Waals surface area contributed by atoms with Gasteiger partial charge in [-0.3, -0.25) is 9.36 Å². The molecule has 2 heterocycles. The molecule has 1 fully saturated rings. The second kappa shape index (κ2) is 3.33. The molecule has 0 radical (unpaired) electrons. The van der Waals surface area contributed by atoms with Gasteiger partial charge >= 0.3 is 0 Å². The van der Waals surface area contributed by atoms with Gasteiger partial charge in [-0.05, 0) is 12.8 Å². The number of anilines is 1. The van der Waals surface area contributed by atoms with Crippen molar-refractivity contribution in [3.05, 3.63) is 24.0 Å². The molecule has 0 aromatic carbocycles. The van der Waals surface area contributed by atoms with Gasteiger partial charge in [-0.2, -0.15) is 10.2 Å². The average molecular weight is 218 g/mol. The van der Waals surface area contributed by atoms with Crippen molar-refractivity contribution in [2.45, 2.75) is 25.3 Å². The van der Waals surface area contributed by atoms with Gasteiger partial charge < -0.3 is 5.73 Å². The molecule has 1 aliphatic carbocycles. The Kier molecular flexibility index (Phi) is 1.95. The van der Waals surface area contributed by atoms with Crippen molar-refractivity contribution >= 4 is 5.69 Å². The van der Waals surface area contributed by atoms with Crippen molar-refractivity contribution in [2.75, 3.05) is 5.73 Å². The molecule has 0 unspecified atom stereocenters. The molecular formula is C10H14N6. The average Bonchev–Trinajstić information content (AvgIpc) is 2.93. The number of aryl methyl sites for hydroxylation is 1. The second-order valence-corrected chi connectivity index (χ2v) is 4.26. The van der Waals surface area contributed by atoms with Crippen LogP contribution in [0.25, 0.3) is 0 Å². The Hall–Kier alpha value is -1.85. The van der Waals surface area contributed by atoms with Gasteiger partial charge in [0.1, 0.15) is 12.4 Å². The fourth-order valence-corrected chi connectivity index (χ4v) is 1.70. The summed E-state index contributed by atoms with van der Waals surface area (Å²) in [6.07, 6.45) is 5.87. The maximum Gasteiger partial charge on any atom is 0.154 e. The molecule has 2 aromatic rings. The molecule has 84 valence electrons. The van der Waals surface area contributed by atoms with Gasteiger partial charge in [-0.1, -0.05) is 0 Å². The third-order valence-corrected chi connectivity index (χ3v) is 2.77. The van der Waals surface area contributed by atoms with Crippen LogP contribution >= 0.6 is 0 Å². The van der Waals surface area contributed by atoms with Crippen molar-refractivity contribution in [3.63, 3.8) is 0 Å². The molecular weight excluding hydrogens is 204 g/mol. The predicted molar refractivity (Wildman–Crippen MR) is 58.7 cm³/mol. The first-order valence-corrected chi connectivity index (χ1v) is 5.40. The maximum absolute atomic E-state index is 5.61. The Bertz CT molecular complexity index is 507. The van der Waals surface area contributed by atoms with E-state index >= 15 is 0 Å². The SMILES string of the molecule is Cn1nc(C2CC2)nc1Cn1cc(N)cn1. The molecule has 0 spiro atoms. The summed E-state index contributed by atoms with van der Waals surface area (Å²) in [5.74, 6) is 2.48. The van der Waals surface area contributed by atoms with Crippen LogP contribution in [0.15, 0.2) is 12.4 Å². The van der Waals surface area contributed by atoms with Gasteiger partial charge in [0.25, 0.3) is 0 Å². The summed E-state index contributed by atoms with van der Waals surface area (Å²) >= 11 is 0. The molecule has 16 heavy (non-hydrogen) atoms. The predicted octanol–water partition coefficient (Wildman–Crippen LogP) is 0.519. The Morgan fingerprint density at radius 2 is 2.31 bits per heavy atom. The molecule has 0 atom stereocenters. The number of nitrogens with zero attached hydrogens (tertiary/aromatic N) is 5. The third-order valence-electron chi connectivity index (χ3n) is 2.77. The van der Waals surface area contributed by atoms with Crippen molar-refractivity contribution in [2.24, 2.45) is 7.05 Å². The summed E-state index contributed by atoms with van der Waals surface area (Å²) in [7, 11) is 1.92. The largest absolute Gasteiger partial charge is 0.396 e. The highest BCUT2D eigenvalue weighted by Gasteiger charge is 2.28. The molecule has 2 N–H and O–H groups in total. The highest BCUT2D eigenvalue weighted by molar-refractivity contribution is 5.30. The normalized spacial score (nSPS) is 15.6. The highest BCUT2D eigenvalue weighted by atomic mass is 15.4. The summed E-state index contributed by atoms with van der Waals surface area (Å²) in [5, 5.41) is 8.54. The topological polar surface area (TPSA) is 74.5 Å². The van der Waals surface area contributed by atoms with Crippen LogP contribution in [0.1, 0.15) is 30.4 Å². The van der Waals surface area contributed by atoms with Crippen LogP contribution < -0.4 is 5.73 Å². The van der Waals surface area contributed by atoms with E-state index in [2.05, 4.69) is 15.2 Å². The smallest absolute Gasteiger partial charge is 0.154 e. The summed E-state index contributed by atoms with van der Waals surface area (Å²) in [4.78, 5) is 4.53. The summed E-state index contributed by atoms with van der Waals surface area (Å²) in [6.45, 7) is 0.618. The first-order valence-electron chi connectivity index (χ1n) is 5.40. The van der Waals surface area contributed by atoms with E-state index in [1.54, 1.807) is 17.1 Å². The Balaban J connectivity index is 1.83. The van der Waals surface area contributed by atoms with Crippen LogP contribution in [-0.2, 0) is 13.6 Å². The number of nitrogens with two attached hydrogens (primary N) is 1. The third kappa shape index (κ3) is 1.66. The molecule has 1 saturated carbocycles. The Labute approximate surface area is 93.1 Å². The maximum atomic E-state index is 5.61. The zero-order valence-electron chi connectivity index (χ0n) is 9.17. The summed E-state index contributed by atoms with van der Waals surface area (Å²) in [5.41, 5.74) is 6.28. The van der Waals surface area contributed by atoms with E-state index in [0.29, 0.717) is 18.2 Å². The van der Waals surface area contributed by atoms with Crippen LogP contribution in [0.3, 0.4) is 0 Å². The lowest BCUT2D eigenvalue weighted by Crippen LogP contribution is -2.07. The monoisotopic (exact) mass is 218 g/mol. The lowest BCUT2D eigenvalue weighted by Gasteiger charge is -1.99. The molecule has 0 bridgehead atoms. The van der Waals surface area contributed by atoms with E-state index in [1.807, 2.05) is 11.7 Å². The number of rotatable bonds is 3. The number of nitrogen functional groups attached to an aromatic ring is 1. The standard InChI is InChI=1S/C10H14N6/c1-15-9(6-16-5-8(11)4-12-16)13-10(14-15)7-2-3-7/h4-5,7H,2-3,6,11H2,1H3. The summed E-state index contributed by atoms with van der Waals surface area (Å²) in [6, 6.07) is 0. The van der Waals surface area contributed by atoms with Crippen molar-refractivity contribution in [1.29, 1.82) is 0 Å². The lowest BCUT2D eigenvalue weighted by molar-refractivity contribution is 0.607. The first kappa shape index (κ1) is 9.38. The minimum atomic E-state index is 0.586. The number of aromatic nitrogens is 5. The van der Waals surface area contributed by atoms with Crippen molar-refractivity contribution in [3.8, 4) is 0 Å². The fraction of sp³-hybridized carbons (Fsp3) is 0.500. The Morgan fingerprint density at radius 3 is 2.94 bits per heavy atom. The van der Waals surface area contributed by atoms with E-state index in [1.165, 1.54) is 12.8 Å². The van der Waals surface area contributed by atoms with Crippen molar-refractivity contribution < 1.29 is 0 Å². The van der Waals surface area contributed by atoms with Crippen LogP contribution in [0.5, 0.6) is 0 Å². The van der Waals surface area contributed by atoms with Gasteiger partial charge in [0.15, 0.2) is 5.82 Å². The molecule has 0 amide bonds. The fourth-order valence-electron chi connectivity index (χ4n) is 1.70. The molecule has 0 aliphatic heterocycles. The van der Waals surface area contributed by atoms with E-state index in [4.69, 9.17) is 5.73 Å². The Morgan fingerprint density at radius 1 is 1.50 bits per heavy atom. The second-order valence-electron chi connectivity index (χ2n) is 4.26. The molecule has 6 heteroatoms. The minimum absolute atomic E-state index is 0.586. The van der Waals surface area contributed by atoms with Crippen LogP contribution in [0, 0.1) is 0 Å². The highest BCUT2D eigenvalue weighted by Crippen LogP contribution is 2.37. The first-order chi connectivity index (χ1) is 7.72. The van der Waals surface area contributed by atoms with Crippen LogP contribution in [0.2, 0.25) is 0 Å². The van der Waals surface area contributed by atoms with Gasteiger partial charge in [-0.15, -0.1) is 0 Å². The molecule has 2 aromatic heterocycles. The quantitative estimate of drug-likeness (QED) is 0.815. The van der Waals surface area contributed by atoms with Gasteiger partial charge in [0.2, 0.25) is 0 Å². The number of hydrogen-bond acceptors (Lipinski definition) is 4. The van der Waals surface area contributed by atoms with E-state index in [9.17, 15) is 0 Å². The zero-order valence-corrected chi connectivity index (χ0v) is 9.17.